The molecule has 2 unspecified atom stereocenters. The molecule has 1 heterocycles. The van der Waals surface area contributed by atoms with Crippen LogP contribution >= 0.6 is 12.4 Å². The number of carbonyl (C=O) groups excluding carboxylic acids is 1. The van der Waals surface area contributed by atoms with Crippen LogP contribution in [0.15, 0.2) is 30.3 Å². The number of hydrogen-bond donors (Lipinski definition) is 3. The molecule has 0 radical (unpaired) electrons. The van der Waals surface area contributed by atoms with Crippen LogP contribution in [0.5, 0.6) is 0 Å². The van der Waals surface area contributed by atoms with Crippen molar-refractivity contribution < 1.29 is 9.90 Å². The molecule has 0 aromatic heterocycles. The summed E-state index contributed by atoms with van der Waals surface area (Å²) >= 11 is 0. The third kappa shape index (κ3) is 6.93. The summed E-state index contributed by atoms with van der Waals surface area (Å²) in [5, 5.41) is 16.0. The number of nitrogens with one attached hydrogen (secondary N) is 2. The van der Waals surface area contributed by atoms with E-state index in [4.69, 9.17) is 0 Å². The predicted octanol–water partition coefficient (Wildman–Crippen LogP) is 1.52. The first-order valence-electron chi connectivity index (χ1n) is 7.43. The van der Waals surface area contributed by atoms with E-state index in [9.17, 15) is 9.90 Å². The second-order valence-corrected chi connectivity index (χ2v) is 5.55. The summed E-state index contributed by atoms with van der Waals surface area (Å²) in [4.78, 5) is 11.7. The molecule has 4 nitrogen and oxygen atoms in total. The molecule has 1 aliphatic rings. The number of rotatable bonds is 7. The fourth-order valence-electron chi connectivity index (χ4n) is 2.57. The topological polar surface area (TPSA) is 61.4 Å². The molecule has 3 N–H and O–H groups in total. The van der Waals surface area contributed by atoms with Crippen molar-refractivity contribution in [1.82, 2.24) is 10.6 Å². The van der Waals surface area contributed by atoms with Gasteiger partial charge < -0.3 is 15.7 Å². The minimum Gasteiger partial charge on any atom is -0.391 e. The minimum absolute atomic E-state index is 0. The van der Waals surface area contributed by atoms with E-state index in [1.165, 1.54) is 6.42 Å². The molecule has 21 heavy (non-hydrogen) atoms. The van der Waals surface area contributed by atoms with Gasteiger partial charge in [-0.2, -0.15) is 0 Å². The molecular formula is C16H25ClN2O2. The Bertz CT molecular complexity index is 408. The maximum absolute atomic E-state index is 11.7. The van der Waals surface area contributed by atoms with Crippen molar-refractivity contribution in [3.8, 4) is 0 Å². The molecule has 5 heteroatoms. The maximum atomic E-state index is 11.7. The van der Waals surface area contributed by atoms with Crippen molar-refractivity contribution >= 4 is 18.3 Å². The highest BCUT2D eigenvalue weighted by atomic mass is 35.5. The van der Waals surface area contributed by atoms with Gasteiger partial charge in [-0.25, -0.2) is 0 Å². The van der Waals surface area contributed by atoms with Crippen LogP contribution in [0, 0.1) is 5.92 Å². The Morgan fingerprint density at radius 1 is 1.38 bits per heavy atom. The average molecular weight is 313 g/mol. The van der Waals surface area contributed by atoms with E-state index < -0.39 is 6.10 Å². The van der Waals surface area contributed by atoms with Gasteiger partial charge in [0.2, 0.25) is 5.91 Å². The first-order chi connectivity index (χ1) is 9.74. The number of benzene rings is 1. The molecule has 1 fully saturated rings. The third-order valence-corrected chi connectivity index (χ3v) is 3.79. The lowest BCUT2D eigenvalue weighted by atomic mass is 10.0. The monoisotopic (exact) mass is 312 g/mol. The van der Waals surface area contributed by atoms with E-state index in [-0.39, 0.29) is 18.3 Å². The van der Waals surface area contributed by atoms with Crippen molar-refractivity contribution in [3.05, 3.63) is 35.9 Å². The van der Waals surface area contributed by atoms with Crippen LogP contribution in [0.1, 0.15) is 24.8 Å². The number of carbonyl (C=O) groups is 1. The Morgan fingerprint density at radius 3 is 2.81 bits per heavy atom. The van der Waals surface area contributed by atoms with Gasteiger partial charge >= 0.3 is 0 Å². The highest BCUT2D eigenvalue weighted by molar-refractivity contribution is 5.85. The van der Waals surface area contributed by atoms with E-state index in [0.29, 0.717) is 25.3 Å². The summed E-state index contributed by atoms with van der Waals surface area (Å²) in [7, 11) is 0. The molecule has 0 bridgehead atoms. The molecule has 1 aliphatic heterocycles. The largest absolute Gasteiger partial charge is 0.391 e. The molecule has 1 aromatic rings. The zero-order valence-corrected chi connectivity index (χ0v) is 13.1. The zero-order chi connectivity index (χ0) is 14.2. The Balaban J connectivity index is 0.00000220. The lowest BCUT2D eigenvalue weighted by molar-refractivity contribution is -0.121. The van der Waals surface area contributed by atoms with Crippen LogP contribution in [0.4, 0.5) is 0 Å². The van der Waals surface area contributed by atoms with Gasteiger partial charge in [-0.1, -0.05) is 30.3 Å². The highest BCUT2D eigenvalue weighted by Gasteiger charge is 2.16. The lowest BCUT2D eigenvalue weighted by Crippen LogP contribution is -2.33. The minimum atomic E-state index is -0.519. The van der Waals surface area contributed by atoms with Gasteiger partial charge in [-0.3, -0.25) is 4.79 Å². The van der Waals surface area contributed by atoms with Crippen LogP contribution in [0.3, 0.4) is 0 Å². The fraction of sp³-hybridized carbons (Fsp3) is 0.562. The number of amides is 1. The second kappa shape index (κ2) is 9.77. The maximum Gasteiger partial charge on any atom is 0.220 e. The summed E-state index contributed by atoms with van der Waals surface area (Å²) in [5.41, 5.74) is 1.09. The fourth-order valence-corrected chi connectivity index (χ4v) is 2.57. The predicted molar refractivity (Wildman–Crippen MR) is 86.6 cm³/mol. The SMILES string of the molecule is Cl.O=C(CCC1CCNC1)NCC(O)Cc1ccccc1. The summed E-state index contributed by atoms with van der Waals surface area (Å²) in [6, 6.07) is 9.83. The van der Waals surface area contributed by atoms with Gasteiger partial charge in [-0.05, 0) is 37.4 Å². The first kappa shape index (κ1) is 18.0. The normalized spacial score (nSPS) is 18.8. The van der Waals surface area contributed by atoms with Crippen LogP contribution in [-0.4, -0.2) is 36.8 Å². The van der Waals surface area contributed by atoms with E-state index in [1.54, 1.807) is 0 Å². The molecular weight excluding hydrogens is 288 g/mol. The number of halogens is 1. The number of aliphatic hydroxyl groups excluding tert-OH is 1. The van der Waals surface area contributed by atoms with E-state index in [1.807, 2.05) is 30.3 Å². The Hall–Kier alpha value is -1.10. The third-order valence-electron chi connectivity index (χ3n) is 3.79. The van der Waals surface area contributed by atoms with Gasteiger partial charge in [0.1, 0.15) is 0 Å². The van der Waals surface area contributed by atoms with Crippen LogP contribution < -0.4 is 10.6 Å². The number of aliphatic hydroxyl groups is 1. The molecule has 1 saturated heterocycles. The molecule has 2 atom stereocenters. The molecule has 0 aliphatic carbocycles. The Kier molecular flexibility index (Phi) is 8.35. The van der Waals surface area contributed by atoms with Crippen molar-refractivity contribution in [1.29, 1.82) is 0 Å². The summed E-state index contributed by atoms with van der Waals surface area (Å²) in [6.45, 7) is 2.43. The van der Waals surface area contributed by atoms with E-state index in [2.05, 4.69) is 10.6 Å². The van der Waals surface area contributed by atoms with E-state index >= 15 is 0 Å². The summed E-state index contributed by atoms with van der Waals surface area (Å²) in [6.07, 6.45) is 2.73. The summed E-state index contributed by atoms with van der Waals surface area (Å²) in [5.74, 6) is 0.680. The van der Waals surface area contributed by atoms with Crippen LogP contribution in [0.25, 0.3) is 0 Å². The standard InChI is InChI=1S/C16H24N2O2.ClH/c19-15(10-13-4-2-1-3-5-13)12-18-16(20)7-6-14-8-9-17-11-14;/h1-5,14-15,17,19H,6-12H2,(H,18,20);1H. The van der Waals surface area contributed by atoms with E-state index in [0.717, 1.165) is 25.1 Å². The van der Waals surface area contributed by atoms with Crippen molar-refractivity contribution in [2.24, 2.45) is 5.92 Å². The van der Waals surface area contributed by atoms with Gasteiger partial charge in [-0.15, -0.1) is 12.4 Å². The molecule has 1 aromatic carbocycles. The zero-order valence-electron chi connectivity index (χ0n) is 12.3. The highest BCUT2D eigenvalue weighted by Crippen LogP contribution is 2.13. The van der Waals surface area contributed by atoms with Gasteiger partial charge in [0, 0.05) is 19.4 Å². The Labute approximate surface area is 132 Å². The molecule has 118 valence electrons. The van der Waals surface area contributed by atoms with Crippen molar-refractivity contribution in [3.63, 3.8) is 0 Å². The van der Waals surface area contributed by atoms with Crippen LogP contribution in [-0.2, 0) is 11.2 Å². The molecule has 2 rings (SSSR count). The average Bonchev–Trinajstić information content (AvgIpc) is 2.97. The van der Waals surface area contributed by atoms with Crippen LogP contribution in [0.2, 0.25) is 0 Å². The molecule has 0 saturated carbocycles. The number of hydrogen-bond acceptors (Lipinski definition) is 3. The van der Waals surface area contributed by atoms with Gasteiger partial charge in [0.05, 0.1) is 6.10 Å². The first-order valence-corrected chi connectivity index (χ1v) is 7.43. The van der Waals surface area contributed by atoms with Crippen molar-refractivity contribution in [2.45, 2.75) is 31.8 Å². The summed E-state index contributed by atoms with van der Waals surface area (Å²) < 4.78 is 0. The molecule has 0 spiro atoms. The van der Waals surface area contributed by atoms with Gasteiger partial charge in [0.25, 0.3) is 0 Å². The Morgan fingerprint density at radius 2 is 2.14 bits per heavy atom. The lowest BCUT2D eigenvalue weighted by Gasteiger charge is -2.13. The molecule has 1 amide bonds. The van der Waals surface area contributed by atoms with Gasteiger partial charge in [0.15, 0.2) is 0 Å². The second-order valence-electron chi connectivity index (χ2n) is 5.55. The van der Waals surface area contributed by atoms with Crippen molar-refractivity contribution in [2.75, 3.05) is 19.6 Å². The smallest absolute Gasteiger partial charge is 0.220 e. The quantitative estimate of drug-likeness (QED) is 0.715.